The van der Waals surface area contributed by atoms with Crippen molar-refractivity contribution >= 4 is 40.1 Å². The highest BCUT2D eigenvalue weighted by Gasteiger charge is 2.42. The van der Waals surface area contributed by atoms with E-state index in [0.717, 1.165) is 28.1 Å². The van der Waals surface area contributed by atoms with Gasteiger partial charge in [-0.15, -0.1) is 21.5 Å². The Balaban J connectivity index is 0.893. The second-order valence-electron chi connectivity index (χ2n) is 14.8. The van der Waals surface area contributed by atoms with Gasteiger partial charge < -0.3 is 29.7 Å². The summed E-state index contributed by atoms with van der Waals surface area (Å²) in [5, 5.41) is 26.9. The van der Waals surface area contributed by atoms with Crippen LogP contribution in [-0.4, -0.2) is 83.6 Å². The molecule has 0 unspecified atom stereocenters. The van der Waals surface area contributed by atoms with Gasteiger partial charge in [-0.05, 0) is 68.0 Å². The standard InChI is InChI=1S/C41H42N8O5S/c1-22(2)36(41(53)49-15-7-9-33(49)39(51)43-23(3)25-11-13-26(14-12-25)37-24(4)42-21-55-37)35-18-30(47-54-35)28-19-48(20-28)40(52)32-17-27-16-31(45-46-38(27)44-32)29-8-5-6-10-34(29)50/h5-6,8,10-14,16-18,21-23,28,33,36,50H,7,9,15,19-20H2,1-4H3,(H,43,51)(H,44,46)/t23-,33-,36-/m0/s1. The molecular formula is C41H42N8O5S. The first kappa shape index (κ1) is 36.1. The van der Waals surface area contributed by atoms with Crippen LogP contribution in [0.5, 0.6) is 5.75 Å². The maximum atomic E-state index is 14.2. The molecule has 2 aliphatic rings. The smallest absolute Gasteiger partial charge is 0.270 e. The quantitative estimate of drug-likeness (QED) is 0.139. The van der Waals surface area contributed by atoms with Crippen LogP contribution in [0.15, 0.2) is 76.8 Å². The Hall–Kier alpha value is -5.89. The predicted molar refractivity (Wildman–Crippen MR) is 207 cm³/mol. The minimum Gasteiger partial charge on any atom is -0.507 e. The number of aromatic amines is 1. The van der Waals surface area contributed by atoms with Crippen LogP contribution < -0.4 is 5.32 Å². The molecule has 2 aliphatic heterocycles. The fraction of sp³-hybridized carbons (Fsp3) is 0.341. The van der Waals surface area contributed by atoms with E-state index in [1.807, 2.05) is 57.5 Å². The molecule has 0 aliphatic carbocycles. The first-order valence-electron chi connectivity index (χ1n) is 18.6. The van der Waals surface area contributed by atoms with Gasteiger partial charge in [0.25, 0.3) is 5.91 Å². The Kier molecular flexibility index (Phi) is 9.68. The number of phenolic OH excluding ortho intramolecular Hbond substituents is 1. The molecule has 55 heavy (non-hydrogen) atoms. The van der Waals surface area contributed by atoms with Crippen LogP contribution in [-0.2, 0) is 9.59 Å². The number of hydrogen-bond donors (Lipinski definition) is 3. The summed E-state index contributed by atoms with van der Waals surface area (Å²) in [6, 6.07) is 19.6. The van der Waals surface area contributed by atoms with E-state index in [1.165, 1.54) is 0 Å². The third-order valence-corrected chi connectivity index (χ3v) is 11.8. The van der Waals surface area contributed by atoms with E-state index in [4.69, 9.17) is 4.52 Å². The zero-order valence-electron chi connectivity index (χ0n) is 31.0. The van der Waals surface area contributed by atoms with Crippen LogP contribution >= 0.6 is 11.3 Å². The van der Waals surface area contributed by atoms with Crippen molar-refractivity contribution in [3.8, 4) is 27.4 Å². The average Bonchev–Trinajstić information content (AvgIpc) is 3.98. The fourth-order valence-electron chi connectivity index (χ4n) is 7.63. The predicted octanol–water partition coefficient (Wildman–Crippen LogP) is 6.60. The molecule has 0 radical (unpaired) electrons. The Morgan fingerprint density at radius 2 is 1.80 bits per heavy atom. The van der Waals surface area contributed by atoms with Crippen molar-refractivity contribution < 1.29 is 24.0 Å². The van der Waals surface area contributed by atoms with Crippen LogP contribution in [0, 0.1) is 12.8 Å². The summed E-state index contributed by atoms with van der Waals surface area (Å²) in [6.45, 7) is 9.26. The molecule has 6 aromatic rings. The molecule has 3 amide bonds. The lowest BCUT2D eigenvalue weighted by molar-refractivity contribution is -0.141. The molecule has 8 rings (SSSR count). The molecule has 13 nitrogen and oxygen atoms in total. The number of carbonyl (C=O) groups is 3. The largest absolute Gasteiger partial charge is 0.507 e. The number of phenols is 1. The molecular weight excluding hydrogens is 717 g/mol. The molecule has 0 saturated carbocycles. The number of hydrogen-bond acceptors (Lipinski definition) is 10. The minimum atomic E-state index is -0.609. The number of aryl methyl sites for hydroxylation is 1. The normalized spacial score (nSPS) is 17.1. The number of thiazole rings is 1. The summed E-state index contributed by atoms with van der Waals surface area (Å²) in [6.07, 6.45) is 1.33. The van der Waals surface area contributed by atoms with Crippen molar-refractivity contribution in [2.24, 2.45) is 5.92 Å². The van der Waals surface area contributed by atoms with E-state index < -0.39 is 12.0 Å². The van der Waals surface area contributed by atoms with Crippen LogP contribution in [0.2, 0.25) is 0 Å². The van der Waals surface area contributed by atoms with Crippen molar-refractivity contribution in [3.63, 3.8) is 0 Å². The SMILES string of the molecule is Cc1ncsc1-c1ccc([C@H](C)NC(=O)[C@@H]2CCCN2C(=O)[C@H](c2cc(C3CN(C(=O)c4cc5cc(-c6ccccc6O)nnc5[nH]4)C3)no2)C(C)C)cc1. The Labute approximate surface area is 321 Å². The summed E-state index contributed by atoms with van der Waals surface area (Å²) < 4.78 is 5.82. The average molecular weight is 759 g/mol. The molecule has 2 fully saturated rings. The van der Waals surface area contributed by atoms with E-state index in [9.17, 15) is 19.5 Å². The van der Waals surface area contributed by atoms with E-state index >= 15 is 0 Å². The monoisotopic (exact) mass is 758 g/mol. The van der Waals surface area contributed by atoms with Crippen molar-refractivity contribution in [3.05, 3.63) is 101 Å². The highest BCUT2D eigenvalue weighted by molar-refractivity contribution is 7.13. The number of carbonyl (C=O) groups excluding carboxylic acids is 3. The van der Waals surface area contributed by atoms with E-state index in [1.54, 1.807) is 51.5 Å². The van der Waals surface area contributed by atoms with Gasteiger partial charge in [-0.3, -0.25) is 14.4 Å². The van der Waals surface area contributed by atoms with Gasteiger partial charge in [0, 0.05) is 42.6 Å². The van der Waals surface area contributed by atoms with Crippen LogP contribution in [0.3, 0.4) is 0 Å². The summed E-state index contributed by atoms with van der Waals surface area (Å²) >= 11 is 1.60. The molecule has 3 atom stereocenters. The fourth-order valence-corrected chi connectivity index (χ4v) is 8.44. The maximum absolute atomic E-state index is 14.2. The van der Waals surface area contributed by atoms with Gasteiger partial charge in [0.2, 0.25) is 11.8 Å². The van der Waals surface area contributed by atoms with E-state index in [0.29, 0.717) is 65.5 Å². The molecule has 0 spiro atoms. The van der Waals surface area contributed by atoms with Gasteiger partial charge >= 0.3 is 0 Å². The number of H-pyrrole nitrogens is 1. The summed E-state index contributed by atoms with van der Waals surface area (Å²) in [5.41, 5.74) is 7.53. The molecule has 2 saturated heterocycles. The Morgan fingerprint density at radius 3 is 2.53 bits per heavy atom. The van der Waals surface area contributed by atoms with Crippen LogP contribution in [0.4, 0.5) is 0 Å². The first-order chi connectivity index (χ1) is 26.5. The number of benzene rings is 2. The molecule has 3 N–H and O–H groups in total. The van der Waals surface area contributed by atoms with Crippen molar-refractivity contribution in [2.45, 2.75) is 64.5 Å². The summed E-state index contributed by atoms with van der Waals surface area (Å²) in [7, 11) is 0. The van der Waals surface area contributed by atoms with E-state index in [-0.39, 0.29) is 41.3 Å². The highest BCUT2D eigenvalue weighted by atomic mass is 32.1. The second-order valence-corrected chi connectivity index (χ2v) is 15.7. The number of nitrogens with zero attached hydrogens (tertiary/aromatic N) is 6. The number of likely N-dealkylation sites (tertiary alicyclic amines) is 2. The number of nitrogens with one attached hydrogen (secondary N) is 2. The molecule has 4 aromatic heterocycles. The zero-order valence-corrected chi connectivity index (χ0v) is 31.8. The number of rotatable bonds is 10. The third-order valence-electron chi connectivity index (χ3n) is 10.8. The number of para-hydroxylation sites is 1. The van der Waals surface area contributed by atoms with Gasteiger partial charge in [-0.1, -0.05) is 55.4 Å². The third kappa shape index (κ3) is 6.97. The van der Waals surface area contributed by atoms with Gasteiger partial charge in [0.05, 0.1) is 33.5 Å². The molecule has 0 bridgehead atoms. The van der Waals surface area contributed by atoms with Crippen molar-refractivity contribution in [1.82, 2.24) is 40.4 Å². The second kappa shape index (κ2) is 14.7. The highest BCUT2D eigenvalue weighted by Crippen LogP contribution is 2.36. The van der Waals surface area contributed by atoms with Crippen LogP contribution in [0.25, 0.3) is 32.7 Å². The van der Waals surface area contributed by atoms with Crippen molar-refractivity contribution in [1.29, 1.82) is 0 Å². The van der Waals surface area contributed by atoms with E-state index in [2.05, 4.69) is 42.8 Å². The molecule has 2 aromatic carbocycles. The Morgan fingerprint density at radius 1 is 1.02 bits per heavy atom. The van der Waals surface area contributed by atoms with Gasteiger partial charge in [0.1, 0.15) is 29.2 Å². The van der Waals surface area contributed by atoms with Gasteiger partial charge in [-0.2, -0.15) is 0 Å². The van der Waals surface area contributed by atoms with Gasteiger partial charge in [0.15, 0.2) is 5.65 Å². The maximum Gasteiger partial charge on any atom is 0.270 e. The lowest BCUT2D eigenvalue weighted by Gasteiger charge is -2.37. The number of amides is 3. The first-order valence-corrected chi connectivity index (χ1v) is 19.5. The van der Waals surface area contributed by atoms with Gasteiger partial charge in [-0.25, -0.2) is 4.98 Å². The number of aromatic hydroxyl groups is 1. The van der Waals surface area contributed by atoms with Crippen molar-refractivity contribution in [2.75, 3.05) is 19.6 Å². The lowest BCUT2D eigenvalue weighted by Crippen LogP contribution is -2.48. The summed E-state index contributed by atoms with van der Waals surface area (Å²) in [4.78, 5) is 53.2. The topological polar surface area (TPSA) is 170 Å². The molecule has 282 valence electrons. The molecule has 6 heterocycles. The van der Waals surface area contributed by atoms with Crippen LogP contribution in [0.1, 0.15) is 84.7 Å². The number of aromatic nitrogens is 5. The minimum absolute atomic E-state index is 0.0481. The number of fused-ring (bicyclic) bond motifs is 1. The molecule has 14 heteroatoms. The lowest BCUT2D eigenvalue weighted by atomic mass is 9.89. The summed E-state index contributed by atoms with van der Waals surface area (Å²) in [5.74, 6) is -0.685. The zero-order chi connectivity index (χ0) is 38.4. The Bertz CT molecular complexity index is 2380.